The van der Waals surface area contributed by atoms with Gasteiger partial charge in [-0.15, -0.1) is 0 Å². The first-order valence-electron chi connectivity index (χ1n) is 10.1. The second-order valence-corrected chi connectivity index (χ2v) is 8.29. The van der Waals surface area contributed by atoms with Crippen molar-refractivity contribution in [2.45, 2.75) is 71.1 Å². The summed E-state index contributed by atoms with van der Waals surface area (Å²) in [6.45, 7) is 9.60. The lowest BCUT2D eigenvalue weighted by Gasteiger charge is -2.40. The van der Waals surface area contributed by atoms with Crippen LogP contribution in [0.1, 0.15) is 57.0 Å². The highest BCUT2D eigenvalue weighted by Gasteiger charge is 2.33. The summed E-state index contributed by atoms with van der Waals surface area (Å²) in [7, 11) is 0. The van der Waals surface area contributed by atoms with Crippen molar-refractivity contribution < 1.29 is 4.74 Å². The minimum atomic E-state index is -0.0122. The van der Waals surface area contributed by atoms with E-state index in [0.717, 1.165) is 39.0 Å². The fourth-order valence-corrected chi connectivity index (χ4v) is 4.63. The van der Waals surface area contributed by atoms with Gasteiger partial charge in [0.15, 0.2) is 0 Å². The molecule has 1 aliphatic heterocycles. The fourth-order valence-electron chi connectivity index (χ4n) is 4.63. The number of nitrogens with zero attached hydrogens (tertiary/aromatic N) is 3. The van der Waals surface area contributed by atoms with E-state index < -0.39 is 0 Å². The maximum absolute atomic E-state index is 5.93. The summed E-state index contributed by atoms with van der Waals surface area (Å²) in [6, 6.07) is 11.2. The SMILES string of the molecule is CCN(Cc1nn(-c2ccccc2)c2c1CCC2)C1CCOC(C)(C)C1. The predicted molar refractivity (Wildman–Crippen MR) is 105 cm³/mol. The third-order valence-electron chi connectivity index (χ3n) is 5.96. The van der Waals surface area contributed by atoms with Crippen molar-refractivity contribution in [3.63, 3.8) is 0 Å². The van der Waals surface area contributed by atoms with Gasteiger partial charge in [0.1, 0.15) is 0 Å². The molecule has 0 spiro atoms. The fraction of sp³-hybridized carbons (Fsp3) is 0.591. The van der Waals surface area contributed by atoms with Gasteiger partial charge in [-0.2, -0.15) is 5.10 Å². The lowest BCUT2D eigenvalue weighted by Crippen LogP contribution is -2.45. The third kappa shape index (κ3) is 3.45. The zero-order valence-electron chi connectivity index (χ0n) is 16.4. The second-order valence-electron chi connectivity index (χ2n) is 8.29. The molecule has 0 N–H and O–H groups in total. The quantitative estimate of drug-likeness (QED) is 0.809. The molecule has 2 aromatic rings. The maximum atomic E-state index is 5.93. The standard InChI is InChI=1S/C22H31N3O/c1-4-24(18-13-14-26-22(2,3)15-18)16-20-19-11-8-12-21(19)25(23-20)17-9-6-5-7-10-17/h5-7,9-10,18H,4,8,11-16H2,1-3H3. The summed E-state index contributed by atoms with van der Waals surface area (Å²) in [5, 5.41) is 5.06. The van der Waals surface area contributed by atoms with E-state index in [4.69, 9.17) is 9.84 Å². The average molecular weight is 354 g/mol. The molecular weight excluding hydrogens is 322 g/mol. The van der Waals surface area contributed by atoms with Crippen LogP contribution in [0.3, 0.4) is 0 Å². The predicted octanol–water partition coefficient (Wildman–Crippen LogP) is 4.14. The molecule has 0 saturated carbocycles. The minimum absolute atomic E-state index is 0.0122. The smallest absolute Gasteiger partial charge is 0.0804 e. The van der Waals surface area contributed by atoms with Crippen LogP contribution in [-0.2, 0) is 24.1 Å². The first-order valence-corrected chi connectivity index (χ1v) is 10.1. The molecule has 1 saturated heterocycles. The van der Waals surface area contributed by atoms with Crippen LogP contribution < -0.4 is 0 Å². The summed E-state index contributed by atoms with van der Waals surface area (Å²) >= 11 is 0. The Morgan fingerprint density at radius 2 is 2.04 bits per heavy atom. The van der Waals surface area contributed by atoms with E-state index in [0.29, 0.717) is 6.04 Å². The first kappa shape index (κ1) is 17.7. The molecule has 0 amide bonds. The summed E-state index contributed by atoms with van der Waals surface area (Å²) in [5.74, 6) is 0. The lowest BCUT2D eigenvalue weighted by molar-refractivity contribution is -0.0840. The molecule has 26 heavy (non-hydrogen) atoms. The largest absolute Gasteiger partial charge is 0.375 e. The molecular formula is C22H31N3O. The Bertz CT molecular complexity index is 750. The summed E-state index contributed by atoms with van der Waals surface area (Å²) in [4.78, 5) is 2.61. The molecule has 1 atom stereocenters. The van der Waals surface area contributed by atoms with E-state index in [1.165, 1.54) is 35.5 Å². The Hall–Kier alpha value is -1.65. The van der Waals surface area contributed by atoms with Crippen LogP contribution in [0, 0.1) is 0 Å². The van der Waals surface area contributed by atoms with Gasteiger partial charge in [0.2, 0.25) is 0 Å². The molecule has 1 fully saturated rings. The van der Waals surface area contributed by atoms with Crippen LogP contribution in [0.4, 0.5) is 0 Å². The van der Waals surface area contributed by atoms with Crippen LogP contribution in [0.5, 0.6) is 0 Å². The monoisotopic (exact) mass is 353 g/mol. The van der Waals surface area contributed by atoms with Gasteiger partial charge in [0.25, 0.3) is 0 Å². The number of benzene rings is 1. The van der Waals surface area contributed by atoms with E-state index >= 15 is 0 Å². The molecule has 4 nitrogen and oxygen atoms in total. The summed E-state index contributed by atoms with van der Waals surface area (Å²) < 4.78 is 8.12. The van der Waals surface area contributed by atoms with Gasteiger partial charge in [0, 0.05) is 24.9 Å². The first-order chi connectivity index (χ1) is 12.6. The van der Waals surface area contributed by atoms with Gasteiger partial charge in [0.05, 0.1) is 17.0 Å². The number of aromatic nitrogens is 2. The average Bonchev–Trinajstić information content (AvgIpc) is 3.23. The summed E-state index contributed by atoms with van der Waals surface area (Å²) in [6.07, 6.45) is 5.80. The zero-order valence-corrected chi connectivity index (χ0v) is 16.4. The van der Waals surface area contributed by atoms with E-state index in [1.807, 2.05) is 0 Å². The highest BCUT2D eigenvalue weighted by atomic mass is 16.5. The minimum Gasteiger partial charge on any atom is -0.375 e. The Morgan fingerprint density at radius 1 is 1.23 bits per heavy atom. The number of fused-ring (bicyclic) bond motifs is 1. The maximum Gasteiger partial charge on any atom is 0.0804 e. The van der Waals surface area contributed by atoms with Crippen LogP contribution in [0.25, 0.3) is 5.69 Å². The number of para-hydroxylation sites is 1. The van der Waals surface area contributed by atoms with E-state index in [9.17, 15) is 0 Å². The molecule has 1 aliphatic carbocycles. The molecule has 1 aromatic heterocycles. The van der Waals surface area contributed by atoms with Crippen molar-refractivity contribution in [2.75, 3.05) is 13.2 Å². The van der Waals surface area contributed by atoms with Gasteiger partial charge in [-0.1, -0.05) is 25.1 Å². The van der Waals surface area contributed by atoms with Crippen molar-refractivity contribution in [1.82, 2.24) is 14.7 Å². The molecule has 0 bridgehead atoms. The van der Waals surface area contributed by atoms with Crippen molar-refractivity contribution in [3.8, 4) is 5.69 Å². The number of hydrogen-bond acceptors (Lipinski definition) is 3. The molecule has 0 radical (unpaired) electrons. The molecule has 4 rings (SSSR count). The van der Waals surface area contributed by atoms with Gasteiger partial charge in [-0.3, -0.25) is 4.90 Å². The molecule has 140 valence electrons. The van der Waals surface area contributed by atoms with Crippen molar-refractivity contribution in [2.24, 2.45) is 0 Å². The Labute approximate surface area is 157 Å². The van der Waals surface area contributed by atoms with E-state index in [2.05, 4.69) is 60.7 Å². The van der Waals surface area contributed by atoms with Gasteiger partial charge < -0.3 is 4.74 Å². The van der Waals surface area contributed by atoms with E-state index in [1.54, 1.807) is 0 Å². The number of ether oxygens (including phenoxy) is 1. The molecule has 2 heterocycles. The van der Waals surface area contributed by atoms with Gasteiger partial charge >= 0.3 is 0 Å². The normalized spacial score (nSPS) is 21.9. The molecule has 1 unspecified atom stereocenters. The van der Waals surface area contributed by atoms with Crippen LogP contribution >= 0.6 is 0 Å². The Morgan fingerprint density at radius 3 is 2.77 bits per heavy atom. The second kappa shape index (κ2) is 7.16. The number of hydrogen-bond donors (Lipinski definition) is 0. The molecule has 1 aromatic carbocycles. The Kier molecular flexibility index (Phi) is 4.89. The van der Waals surface area contributed by atoms with Crippen molar-refractivity contribution in [1.29, 1.82) is 0 Å². The van der Waals surface area contributed by atoms with Gasteiger partial charge in [-0.25, -0.2) is 4.68 Å². The summed E-state index contributed by atoms with van der Waals surface area (Å²) in [5.41, 5.74) is 5.38. The van der Waals surface area contributed by atoms with Crippen molar-refractivity contribution in [3.05, 3.63) is 47.3 Å². The van der Waals surface area contributed by atoms with Gasteiger partial charge in [-0.05, 0) is 70.2 Å². The zero-order chi connectivity index (χ0) is 18.1. The lowest BCUT2D eigenvalue weighted by atomic mass is 9.92. The van der Waals surface area contributed by atoms with Crippen molar-refractivity contribution >= 4 is 0 Å². The number of rotatable bonds is 5. The van der Waals surface area contributed by atoms with E-state index in [-0.39, 0.29) is 5.60 Å². The van der Waals surface area contributed by atoms with Crippen LogP contribution in [-0.4, -0.2) is 39.5 Å². The Balaban J connectivity index is 1.60. The van der Waals surface area contributed by atoms with Crippen LogP contribution in [0.15, 0.2) is 30.3 Å². The van der Waals surface area contributed by atoms with Crippen LogP contribution in [0.2, 0.25) is 0 Å². The molecule has 2 aliphatic rings. The highest BCUT2D eigenvalue weighted by Crippen LogP contribution is 2.31. The highest BCUT2D eigenvalue weighted by molar-refractivity contribution is 5.39. The molecule has 4 heteroatoms. The topological polar surface area (TPSA) is 30.3 Å². The third-order valence-corrected chi connectivity index (χ3v) is 5.96.